The van der Waals surface area contributed by atoms with Crippen molar-refractivity contribution in [3.05, 3.63) is 71.9 Å². The molecule has 1 aromatic heterocycles. The van der Waals surface area contributed by atoms with E-state index in [4.69, 9.17) is 4.74 Å². The van der Waals surface area contributed by atoms with Gasteiger partial charge in [-0.15, -0.1) is 5.10 Å². The van der Waals surface area contributed by atoms with E-state index in [2.05, 4.69) is 43.6 Å². The second kappa shape index (κ2) is 8.80. The summed E-state index contributed by atoms with van der Waals surface area (Å²) >= 11 is 0. The number of rotatable bonds is 8. The first-order chi connectivity index (χ1) is 12.8. The highest BCUT2D eigenvalue weighted by Gasteiger charge is 2.07. The molecule has 6 nitrogen and oxygen atoms in total. The molecule has 0 amide bonds. The van der Waals surface area contributed by atoms with Crippen LogP contribution in [-0.4, -0.2) is 35.9 Å². The van der Waals surface area contributed by atoms with Crippen LogP contribution in [0.5, 0.6) is 5.75 Å². The van der Waals surface area contributed by atoms with Crippen LogP contribution in [0, 0.1) is 0 Å². The van der Waals surface area contributed by atoms with Crippen LogP contribution < -0.4 is 15.0 Å². The number of aromatic nitrogens is 3. The summed E-state index contributed by atoms with van der Waals surface area (Å²) in [6.45, 7) is 1.47. The van der Waals surface area contributed by atoms with Crippen molar-refractivity contribution in [2.45, 2.75) is 13.0 Å². The van der Waals surface area contributed by atoms with Crippen LogP contribution >= 0.6 is 0 Å². The van der Waals surface area contributed by atoms with Crippen molar-refractivity contribution < 1.29 is 4.74 Å². The fourth-order valence-corrected chi connectivity index (χ4v) is 2.71. The summed E-state index contributed by atoms with van der Waals surface area (Å²) in [6, 6.07) is 18.3. The van der Waals surface area contributed by atoms with Gasteiger partial charge in [-0.2, -0.15) is 10.1 Å². The Morgan fingerprint density at radius 3 is 2.62 bits per heavy atom. The Morgan fingerprint density at radius 2 is 1.81 bits per heavy atom. The lowest BCUT2D eigenvalue weighted by molar-refractivity contribution is 0.410. The summed E-state index contributed by atoms with van der Waals surface area (Å²) in [4.78, 5) is 6.60. The quantitative estimate of drug-likeness (QED) is 0.674. The zero-order chi connectivity index (χ0) is 18.2. The van der Waals surface area contributed by atoms with Crippen LogP contribution in [0.3, 0.4) is 0 Å². The van der Waals surface area contributed by atoms with Crippen molar-refractivity contribution in [2.75, 3.05) is 30.9 Å². The summed E-state index contributed by atoms with van der Waals surface area (Å²) < 4.78 is 5.38. The second-order valence-corrected chi connectivity index (χ2v) is 5.97. The molecule has 2 aromatic carbocycles. The van der Waals surface area contributed by atoms with Crippen LogP contribution in [0.4, 0.5) is 11.8 Å². The lowest BCUT2D eigenvalue weighted by Gasteiger charge is -2.18. The molecule has 0 aliphatic carbocycles. The number of para-hydroxylation sites is 1. The predicted molar refractivity (Wildman–Crippen MR) is 104 cm³/mol. The van der Waals surface area contributed by atoms with Gasteiger partial charge in [0.15, 0.2) is 5.82 Å². The van der Waals surface area contributed by atoms with E-state index in [1.54, 1.807) is 13.3 Å². The Kier molecular flexibility index (Phi) is 5.98. The molecule has 0 atom stereocenters. The van der Waals surface area contributed by atoms with Gasteiger partial charge in [-0.05, 0) is 23.6 Å². The SMILES string of the molecule is COc1ccccc1CCNc1nncc(N(C)Cc2ccccc2)n1. The van der Waals surface area contributed by atoms with Gasteiger partial charge >= 0.3 is 0 Å². The second-order valence-electron chi connectivity index (χ2n) is 5.97. The first-order valence-electron chi connectivity index (χ1n) is 8.57. The van der Waals surface area contributed by atoms with Gasteiger partial charge in [0.05, 0.1) is 13.3 Å². The Balaban J connectivity index is 1.58. The first kappa shape index (κ1) is 17.7. The summed E-state index contributed by atoms with van der Waals surface area (Å²) in [5.41, 5.74) is 2.37. The number of benzene rings is 2. The molecule has 1 heterocycles. The minimum Gasteiger partial charge on any atom is -0.496 e. The van der Waals surface area contributed by atoms with Gasteiger partial charge in [0.2, 0.25) is 5.95 Å². The third-order valence-electron chi connectivity index (χ3n) is 4.07. The number of hydrogen-bond acceptors (Lipinski definition) is 6. The van der Waals surface area contributed by atoms with Crippen LogP contribution in [0.25, 0.3) is 0 Å². The molecule has 0 radical (unpaired) electrons. The van der Waals surface area contributed by atoms with E-state index in [0.717, 1.165) is 30.1 Å². The normalized spacial score (nSPS) is 10.4. The van der Waals surface area contributed by atoms with Crippen molar-refractivity contribution in [1.82, 2.24) is 15.2 Å². The minimum absolute atomic E-state index is 0.525. The van der Waals surface area contributed by atoms with Gasteiger partial charge in [-0.25, -0.2) is 0 Å². The number of hydrogen-bond donors (Lipinski definition) is 1. The topological polar surface area (TPSA) is 63.2 Å². The molecule has 1 N–H and O–H groups in total. The van der Waals surface area contributed by atoms with Crippen molar-refractivity contribution in [3.63, 3.8) is 0 Å². The number of nitrogens with zero attached hydrogens (tertiary/aromatic N) is 4. The van der Waals surface area contributed by atoms with E-state index in [1.807, 2.05) is 43.4 Å². The van der Waals surface area contributed by atoms with Crippen LogP contribution in [-0.2, 0) is 13.0 Å². The van der Waals surface area contributed by atoms with E-state index in [9.17, 15) is 0 Å². The van der Waals surface area contributed by atoms with Gasteiger partial charge in [0.1, 0.15) is 5.75 Å². The number of anilines is 2. The molecular weight excluding hydrogens is 326 g/mol. The molecule has 26 heavy (non-hydrogen) atoms. The summed E-state index contributed by atoms with van der Waals surface area (Å²) in [7, 11) is 3.68. The van der Waals surface area contributed by atoms with E-state index in [-0.39, 0.29) is 0 Å². The smallest absolute Gasteiger partial charge is 0.244 e. The molecule has 0 saturated heterocycles. The molecule has 0 fully saturated rings. The van der Waals surface area contributed by atoms with E-state index in [0.29, 0.717) is 12.5 Å². The molecule has 0 aliphatic rings. The summed E-state index contributed by atoms with van der Waals surface area (Å²) in [6.07, 6.45) is 2.49. The van der Waals surface area contributed by atoms with Gasteiger partial charge < -0.3 is 15.0 Å². The Morgan fingerprint density at radius 1 is 1.04 bits per heavy atom. The maximum atomic E-state index is 5.38. The van der Waals surface area contributed by atoms with Gasteiger partial charge in [-0.3, -0.25) is 0 Å². The first-order valence-corrected chi connectivity index (χ1v) is 8.57. The maximum absolute atomic E-state index is 5.38. The molecule has 0 saturated carbocycles. The highest BCUT2D eigenvalue weighted by atomic mass is 16.5. The number of ether oxygens (including phenoxy) is 1. The Hall–Kier alpha value is -3.15. The molecule has 3 aromatic rings. The third-order valence-corrected chi connectivity index (χ3v) is 4.07. The van der Waals surface area contributed by atoms with E-state index < -0.39 is 0 Å². The lowest BCUT2D eigenvalue weighted by Crippen LogP contribution is -2.19. The zero-order valence-corrected chi connectivity index (χ0v) is 15.1. The summed E-state index contributed by atoms with van der Waals surface area (Å²) in [5, 5.41) is 11.4. The predicted octanol–water partition coefficient (Wildman–Crippen LogP) is 3.17. The Bertz CT molecular complexity index is 825. The maximum Gasteiger partial charge on any atom is 0.244 e. The lowest BCUT2D eigenvalue weighted by atomic mass is 10.1. The van der Waals surface area contributed by atoms with E-state index >= 15 is 0 Å². The van der Waals surface area contributed by atoms with Crippen molar-refractivity contribution >= 4 is 11.8 Å². The highest BCUT2D eigenvalue weighted by Crippen LogP contribution is 2.18. The fraction of sp³-hybridized carbons (Fsp3) is 0.250. The minimum atomic E-state index is 0.525. The highest BCUT2D eigenvalue weighted by molar-refractivity contribution is 5.41. The standard InChI is InChI=1S/C20H23N5O/c1-25(15-16-8-4-3-5-9-16)19-14-22-24-20(23-19)21-13-12-17-10-6-7-11-18(17)26-2/h3-11,14H,12-13,15H2,1-2H3,(H,21,23,24). The average Bonchev–Trinajstić information content (AvgIpc) is 2.69. The fourth-order valence-electron chi connectivity index (χ4n) is 2.71. The average molecular weight is 349 g/mol. The third kappa shape index (κ3) is 4.69. The van der Waals surface area contributed by atoms with Gasteiger partial charge in [-0.1, -0.05) is 48.5 Å². The number of methoxy groups -OCH3 is 1. The molecule has 0 aliphatic heterocycles. The van der Waals surface area contributed by atoms with Crippen molar-refractivity contribution in [2.24, 2.45) is 0 Å². The molecule has 0 spiro atoms. The molecule has 0 unspecified atom stereocenters. The van der Waals surface area contributed by atoms with Gasteiger partial charge in [0, 0.05) is 20.1 Å². The monoisotopic (exact) mass is 349 g/mol. The van der Waals surface area contributed by atoms with Crippen molar-refractivity contribution in [1.29, 1.82) is 0 Å². The molecule has 0 bridgehead atoms. The zero-order valence-electron chi connectivity index (χ0n) is 15.1. The molecule has 6 heteroatoms. The van der Waals surface area contributed by atoms with E-state index in [1.165, 1.54) is 5.56 Å². The van der Waals surface area contributed by atoms with Crippen LogP contribution in [0.15, 0.2) is 60.8 Å². The molecule has 3 rings (SSSR count). The molecular formula is C20H23N5O. The molecule has 134 valence electrons. The van der Waals surface area contributed by atoms with Crippen LogP contribution in [0.1, 0.15) is 11.1 Å². The largest absolute Gasteiger partial charge is 0.496 e. The van der Waals surface area contributed by atoms with Crippen molar-refractivity contribution in [3.8, 4) is 5.75 Å². The summed E-state index contributed by atoms with van der Waals surface area (Å²) in [5.74, 6) is 2.20. The Labute approximate surface area is 153 Å². The van der Waals surface area contributed by atoms with Crippen LogP contribution in [0.2, 0.25) is 0 Å². The number of nitrogens with one attached hydrogen (secondary N) is 1. The van der Waals surface area contributed by atoms with Gasteiger partial charge in [0.25, 0.3) is 0 Å².